The van der Waals surface area contributed by atoms with Crippen molar-refractivity contribution in [2.45, 2.75) is 26.4 Å². The maximum atomic E-state index is 12.0. The Bertz CT molecular complexity index is 613. The summed E-state index contributed by atoms with van der Waals surface area (Å²) in [7, 11) is 3.53. The molecule has 2 aromatic rings. The van der Waals surface area contributed by atoms with Crippen molar-refractivity contribution in [1.29, 1.82) is 0 Å². The van der Waals surface area contributed by atoms with Gasteiger partial charge in [-0.1, -0.05) is 0 Å². The standard InChI is InChI=1S/C13H18N4O2/c1-13(2,3)19-12(18)17(5)11-6-10-9(7-14-11)15-8-16(10)4/h6-8H,1-5H3. The van der Waals surface area contributed by atoms with E-state index in [-0.39, 0.29) is 0 Å². The number of carbonyl (C=O) groups is 1. The number of rotatable bonds is 1. The number of anilines is 1. The summed E-state index contributed by atoms with van der Waals surface area (Å²) in [6.07, 6.45) is 2.93. The Balaban J connectivity index is 2.28. The lowest BCUT2D eigenvalue weighted by Crippen LogP contribution is -2.34. The molecular formula is C13H18N4O2. The summed E-state index contributed by atoms with van der Waals surface area (Å²) in [5.74, 6) is 0.533. The second kappa shape index (κ2) is 4.53. The summed E-state index contributed by atoms with van der Waals surface area (Å²) in [6, 6.07) is 1.81. The zero-order valence-corrected chi connectivity index (χ0v) is 11.8. The number of fused-ring (bicyclic) bond motifs is 1. The van der Waals surface area contributed by atoms with Crippen LogP contribution in [-0.4, -0.2) is 33.3 Å². The highest BCUT2D eigenvalue weighted by molar-refractivity contribution is 5.88. The fourth-order valence-electron chi connectivity index (χ4n) is 1.63. The molecule has 102 valence electrons. The highest BCUT2D eigenvalue weighted by atomic mass is 16.6. The minimum absolute atomic E-state index is 0.429. The van der Waals surface area contributed by atoms with Crippen molar-refractivity contribution in [3.63, 3.8) is 0 Å². The molecular weight excluding hydrogens is 244 g/mol. The molecule has 0 aliphatic carbocycles. The molecule has 2 heterocycles. The second-order valence-corrected chi connectivity index (χ2v) is 5.43. The van der Waals surface area contributed by atoms with E-state index < -0.39 is 11.7 Å². The van der Waals surface area contributed by atoms with Crippen molar-refractivity contribution in [3.8, 4) is 0 Å². The van der Waals surface area contributed by atoms with E-state index in [0.717, 1.165) is 11.0 Å². The van der Waals surface area contributed by atoms with E-state index in [1.54, 1.807) is 19.6 Å². The maximum absolute atomic E-state index is 12.0. The fourth-order valence-corrected chi connectivity index (χ4v) is 1.63. The van der Waals surface area contributed by atoms with Gasteiger partial charge in [0.1, 0.15) is 16.9 Å². The van der Waals surface area contributed by atoms with Crippen LogP contribution < -0.4 is 4.90 Å². The van der Waals surface area contributed by atoms with Crippen LogP contribution in [0.4, 0.5) is 10.6 Å². The molecule has 0 saturated heterocycles. The van der Waals surface area contributed by atoms with Crippen LogP contribution in [-0.2, 0) is 11.8 Å². The summed E-state index contributed by atoms with van der Waals surface area (Å²) in [4.78, 5) is 21.8. The van der Waals surface area contributed by atoms with E-state index in [0.29, 0.717) is 5.82 Å². The van der Waals surface area contributed by atoms with Gasteiger partial charge in [-0.15, -0.1) is 0 Å². The first kappa shape index (κ1) is 13.3. The van der Waals surface area contributed by atoms with Crippen LogP contribution in [0.1, 0.15) is 20.8 Å². The van der Waals surface area contributed by atoms with Crippen LogP contribution in [0, 0.1) is 0 Å². The lowest BCUT2D eigenvalue weighted by Gasteiger charge is -2.24. The van der Waals surface area contributed by atoms with Crippen molar-refractivity contribution in [3.05, 3.63) is 18.6 Å². The van der Waals surface area contributed by atoms with Gasteiger partial charge in [-0.05, 0) is 20.8 Å². The Morgan fingerprint density at radius 2 is 2.05 bits per heavy atom. The van der Waals surface area contributed by atoms with Crippen LogP contribution in [0.5, 0.6) is 0 Å². The minimum atomic E-state index is -0.526. The molecule has 2 aromatic heterocycles. The number of amides is 1. The van der Waals surface area contributed by atoms with Crippen LogP contribution in [0.3, 0.4) is 0 Å². The maximum Gasteiger partial charge on any atom is 0.415 e. The van der Waals surface area contributed by atoms with E-state index in [9.17, 15) is 4.79 Å². The van der Waals surface area contributed by atoms with Gasteiger partial charge in [-0.2, -0.15) is 0 Å². The van der Waals surface area contributed by atoms with Gasteiger partial charge in [0.05, 0.1) is 18.0 Å². The average molecular weight is 262 g/mol. The van der Waals surface area contributed by atoms with Crippen LogP contribution in [0.2, 0.25) is 0 Å². The Morgan fingerprint density at radius 1 is 1.37 bits per heavy atom. The normalized spacial score (nSPS) is 11.6. The first-order chi connectivity index (χ1) is 8.78. The predicted octanol–water partition coefficient (Wildman–Crippen LogP) is 2.34. The van der Waals surface area contributed by atoms with E-state index in [1.165, 1.54) is 4.90 Å². The smallest absolute Gasteiger partial charge is 0.415 e. The second-order valence-electron chi connectivity index (χ2n) is 5.43. The number of nitrogens with zero attached hydrogens (tertiary/aromatic N) is 4. The van der Waals surface area contributed by atoms with Gasteiger partial charge < -0.3 is 9.30 Å². The average Bonchev–Trinajstić information content (AvgIpc) is 2.67. The molecule has 0 unspecified atom stereocenters. The molecule has 6 nitrogen and oxygen atoms in total. The first-order valence-corrected chi connectivity index (χ1v) is 6.02. The Kier molecular flexibility index (Phi) is 3.18. The summed E-state index contributed by atoms with van der Waals surface area (Å²) in [6.45, 7) is 5.49. The molecule has 0 N–H and O–H groups in total. The lowest BCUT2D eigenvalue weighted by atomic mass is 10.2. The molecule has 0 fully saturated rings. The Labute approximate surface area is 112 Å². The number of hydrogen-bond acceptors (Lipinski definition) is 4. The van der Waals surface area contributed by atoms with E-state index in [1.807, 2.05) is 38.5 Å². The molecule has 19 heavy (non-hydrogen) atoms. The van der Waals surface area contributed by atoms with Gasteiger partial charge in [0.2, 0.25) is 0 Å². The van der Waals surface area contributed by atoms with E-state index in [2.05, 4.69) is 9.97 Å². The molecule has 1 amide bonds. The Morgan fingerprint density at radius 3 is 2.68 bits per heavy atom. The summed E-state index contributed by atoms with van der Waals surface area (Å²) >= 11 is 0. The molecule has 0 bridgehead atoms. The molecule has 0 spiro atoms. The van der Waals surface area contributed by atoms with Gasteiger partial charge in [-0.25, -0.2) is 14.8 Å². The third kappa shape index (κ3) is 2.83. The number of carbonyl (C=O) groups excluding carboxylic acids is 1. The third-order valence-electron chi connectivity index (χ3n) is 2.61. The van der Waals surface area contributed by atoms with E-state index in [4.69, 9.17) is 4.74 Å². The number of pyridine rings is 1. The molecule has 0 atom stereocenters. The van der Waals surface area contributed by atoms with Gasteiger partial charge in [0, 0.05) is 20.2 Å². The summed E-state index contributed by atoms with van der Waals surface area (Å²) < 4.78 is 7.18. The topological polar surface area (TPSA) is 60.3 Å². The molecule has 0 radical (unpaired) electrons. The lowest BCUT2D eigenvalue weighted by molar-refractivity contribution is 0.0588. The van der Waals surface area contributed by atoms with Gasteiger partial charge >= 0.3 is 6.09 Å². The van der Waals surface area contributed by atoms with Crippen LogP contribution in [0.15, 0.2) is 18.6 Å². The van der Waals surface area contributed by atoms with Crippen LogP contribution >= 0.6 is 0 Å². The number of imidazole rings is 1. The fraction of sp³-hybridized carbons (Fsp3) is 0.462. The quantitative estimate of drug-likeness (QED) is 0.791. The zero-order valence-electron chi connectivity index (χ0n) is 11.8. The van der Waals surface area contributed by atoms with Gasteiger partial charge in [0.25, 0.3) is 0 Å². The highest BCUT2D eigenvalue weighted by Gasteiger charge is 2.21. The number of ether oxygens (including phenoxy) is 1. The minimum Gasteiger partial charge on any atom is -0.443 e. The van der Waals surface area contributed by atoms with Gasteiger partial charge in [0.15, 0.2) is 0 Å². The zero-order chi connectivity index (χ0) is 14.2. The Hall–Kier alpha value is -2.11. The van der Waals surface area contributed by atoms with E-state index >= 15 is 0 Å². The molecule has 0 aliphatic rings. The largest absolute Gasteiger partial charge is 0.443 e. The molecule has 2 rings (SSSR count). The summed E-state index contributed by atoms with van der Waals surface area (Å²) in [5.41, 5.74) is 1.19. The van der Waals surface area contributed by atoms with Crippen molar-refractivity contribution >= 4 is 22.9 Å². The molecule has 0 aromatic carbocycles. The molecule has 0 saturated carbocycles. The summed E-state index contributed by atoms with van der Waals surface area (Å²) in [5, 5.41) is 0. The van der Waals surface area contributed by atoms with Crippen LogP contribution in [0.25, 0.3) is 11.0 Å². The number of hydrogen-bond donors (Lipinski definition) is 0. The SMILES string of the molecule is CN(C(=O)OC(C)(C)C)c1cc2c(cn1)ncn2C. The number of aromatic nitrogens is 3. The van der Waals surface area contributed by atoms with Crippen molar-refractivity contribution in [2.75, 3.05) is 11.9 Å². The monoisotopic (exact) mass is 262 g/mol. The van der Waals surface area contributed by atoms with Crippen molar-refractivity contribution < 1.29 is 9.53 Å². The van der Waals surface area contributed by atoms with Crippen molar-refractivity contribution in [1.82, 2.24) is 14.5 Å². The predicted molar refractivity (Wildman–Crippen MR) is 73.1 cm³/mol. The van der Waals surface area contributed by atoms with Crippen molar-refractivity contribution in [2.24, 2.45) is 7.05 Å². The number of aryl methyl sites for hydroxylation is 1. The first-order valence-electron chi connectivity index (χ1n) is 6.02. The van der Waals surface area contributed by atoms with Gasteiger partial charge in [-0.3, -0.25) is 4.90 Å². The third-order valence-corrected chi connectivity index (χ3v) is 2.61. The highest BCUT2D eigenvalue weighted by Crippen LogP contribution is 2.19. The molecule has 0 aliphatic heterocycles. The molecule has 6 heteroatoms.